The Morgan fingerprint density at radius 2 is 2.17 bits per heavy atom. The summed E-state index contributed by atoms with van der Waals surface area (Å²) in [4.78, 5) is 3.52. The minimum absolute atomic E-state index is 0.0167. The van der Waals surface area contributed by atoms with E-state index in [9.17, 15) is 13.2 Å². The largest absolute Gasteiger partial charge is 0.433 e. The number of aliphatic hydroxyl groups is 1. The van der Waals surface area contributed by atoms with Gasteiger partial charge in [0.25, 0.3) is 0 Å². The minimum atomic E-state index is -4.44. The summed E-state index contributed by atoms with van der Waals surface area (Å²) < 4.78 is 37.4. The van der Waals surface area contributed by atoms with Gasteiger partial charge in [-0.15, -0.1) is 0 Å². The number of alkyl halides is 3. The zero-order valence-electron chi connectivity index (χ0n) is 9.87. The van der Waals surface area contributed by atoms with E-state index in [1.165, 1.54) is 12.1 Å². The molecule has 0 aliphatic heterocycles. The molecule has 0 fully saturated rings. The monoisotopic (exact) mass is 280 g/mol. The maximum absolute atomic E-state index is 12.5. The number of nitrogens with one attached hydrogen (secondary N) is 1. The Bertz CT molecular complexity index is 368. The predicted molar refractivity (Wildman–Crippen MR) is 66.7 cm³/mol. The molecule has 0 bridgehead atoms. The third-order valence-electron chi connectivity index (χ3n) is 2.24. The molecule has 1 rings (SSSR count). The number of pyridine rings is 1. The smallest absolute Gasteiger partial charge is 0.396 e. The Morgan fingerprint density at radius 1 is 1.44 bits per heavy atom. The number of hydrogen-bond donors (Lipinski definition) is 2. The molecule has 1 aromatic rings. The first kappa shape index (κ1) is 15.1. The second-order valence-corrected chi connectivity index (χ2v) is 4.63. The van der Waals surface area contributed by atoms with Crippen molar-refractivity contribution in [3.05, 3.63) is 23.9 Å². The lowest BCUT2D eigenvalue weighted by molar-refractivity contribution is -0.141. The zero-order chi connectivity index (χ0) is 13.6. The fourth-order valence-electron chi connectivity index (χ4n) is 1.44. The standard InChI is InChI=1S/C11H15F3N2OS/c1-18-7-8(5-6-17)15-10-4-2-3-9(16-10)11(12,13)14/h2-4,8,17H,5-7H2,1H3,(H,15,16). The first-order valence-electron chi connectivity index (χ1n) is 5.38. The van der Waals surface area contributed by atoms with Gasteiger partial charge in [-0.25, -0.2) is 4.98 Å². The van der Waals surface area contributed by atoms with Crippen LogP contribution in [0.2, 0.25) is 0 Å². The Balaban J connectivity index is 2.77. The summed E-state index contributed by atoms with van der Waals surface area (Å²) in [6.07, 6.45) is -2.08. The van der Waals surface area contributed by atoms with E-state index in [-0.39, 0.29) is 18.5 Å². The van der Waals surface area contributed by atoms with Crippen molar-refractivity contribution in [1.82, 2.24) is 4.98 Å². The zero-order valence-corrected chi connectivity index (χ0v) is 10.7. The fraction of sp³-hybridized carbons (Fsp3) is 0.545. The molecule has 1 atom stereocenters. The average molecular weight is 280 g/mol. The van der Waals surface area contributed by atoms with Gasteiger partial charge in [0.05, 0.1) is 0 Å². The van der Waals surface area contributed by atoms with E-state index in [1.807, 2.05) is 6.26 Å². The van der Waals surface area contributed by atoms with Gasteiger partial charge in [-0.1, -0.05) is 6.07 Å². The van der Waals surface area contributed by atoms with E-state index in [1.54, 1.807) is 11.8 Å². The van der Waals surface area contributed by atoms with Crippen LogP contribution in [0.25, 0.3) is 0 Å². The molecule has 0 saturated carbocycles. The molecule has 7 heteroatoms. The highest BCUT2D eigenvalue weighted by Crippen LogP contribution is 2.28. The lowest BCUT2D eigenvalue weighted by Crippen LogP contribution is -2.24. The van der Waals surface area contributed by atoms with Crippen LogP contribution < -0.4 is 5.32 Å². The molecule has 0 aliphatic carbocycles. The van der Waals surface area contributed by atoms with Crippen molar-refractivity contribution in [3.8, 4) is 0 Å². The number of thioether (sulfide) groups is 1. The van der Waals surface area contributed by atoms with E-state index in [2.05, 4.69) is 10.3 Å². The average Bonchev–Trinajstić information content (AvgIpc) is 2.29. The van der Waals surface area contributed by atoms with Crippen LogP contribution in [-0.4, -0.2) is 34.7 Å². The summed E-state index contributed by atoms with van der Waals surface area (Å²) in [5, 5.41) is 11.8. The predicted octanol–water partition coefficient (Wildman–Crippen LogP) is 2.63. The molecule has 1 aromatic heterocycles. The van der Waals surface area contributed by atoms with E-state index in [0.717, 1.165) is 6.07 Å². The van der Waals surface area contributed by atoms with Crippen LogP contribution in [0, 0.1) is 0 Å². The summed E-state index contributed by atoms with van der Waals surface area (Å²) in [7, 11) is 0. The molecule has 2 N–H and O–H groups in total. The fourth-order valence-corrected chi connectivity index (χ4v) is 2.09. The molecule has 1 heterocycles. The van der Waals surface area contributed by atoms with Crippen LogP contribution in [0.15, 0.2) is 18.2 Å². The molecule has 0 saturated heterocycles. The van der Waals surface area contributed by atoms with Crippen LogP contribution in [0.4, 0.5) is 19.0 Å². The maximum atomic E-state index is 12.5. The van der Waals surface area contributed by atoms with Crippen LogP contribution in [-0.2, 0) is 6.18 Å². The summed E-state index contributed by atoms with van der Waals surface area (Å²) in [6, 6.07) is 3.63. The molecule has 0 aliphatic rings. The molecule has 0 aromatic carbocycles. The van der Waals surface area contributed by atoms with Gasteiger partial charge in [0.1, 0.15) is 11.5 Å². The molecule has 0 radical (unpaired) electrons. The van der Waals surface area contributed by atoms with Crippen LogP contribution in [0.5, 0.6) is 0 Å². The summed E-state index contributed by atoms with van der Waals surface area (Å²) in [5.41, 5.74) is -0.917. The number of nitrogens with zero attached hydrogens (tertiary/aromatic N) is 1. The highest BCUT2D eigenvalue weighted by Gasteiger charge is 2.32. The number of anilines is 1. The van der Waals surface area contributed by atoms with Crippen molar-refractivity contribution in [2.75, 3.05) is 23.9 Å². The van der Waals surface area contributed by atoms with Gasteiger partial charge in [-0.05, 0) is 24.8 Å². The molecule has 18 heavy (non-hydrogen) atoms. The van der Waals surface area contributed by atoms with Gasteiger partial charge in [0.2, 0.25) is 0 Å². The summed E-state index contributed by atoms with van der Waals surface area (Å²) >= 11 is 1.56. The van der Waals surface area contributed by atoms with Gasteiger partial charge in [0.15, 0.2) is 0 Å². The van der Waals surface area contributed by atoms with Crippen LogP contribution in [0.1, 0.15) is 12.1 Å². The highest BCUT2D eigenvalue weighted by atomic mass is 32.2. The van der Waals surface area contributed by atoms with E-state index in [4.69, 9.17) is 5.11 Å². The number of hydrogen-bond acceptors (Lipinski definition) is 4. The number of aliphatic hydroxyl groups excluding tert-OH is 1. The normalized spacial score (nSPS) is 13.4. The minimum Gasteiger partial charge on any atom is -0.396 e. The molecular formula is C11H15F3N2OS. The van der Waals surface area contributed by atoms with E-state index in [0.29, 0.717) is 12.2 Å². The van der Waals surface area contributed by atoms with Crippen molar-refractivity contribution in [2.45, 2.75) is 18.6 Å². The van der Waals surface area contributed by atoms with E-state index < -0.39 is 11.9 Å². The Morgan fingerprint density at radius 3 is 2.72 bits per heavy atom. The number of rotatable bonds is 6. The van der Waals surface area contributed by atoms with Crippen LogP contribution >= 0.6 is 11.8 Å². The first-order chi connectivity index (χ1) is 8.47. The Hall–Kier alpha value is -0.950. The number of aromatic nitrogens is 1. The molecule has 0 spiro atoms. The van der Waals surface area contributed by atoms with Crippen molar-refractivity contribution in [2.24, 2.45) is 0 Å². The van der Waals surface area contributed by atoms with E-state index >= 15 is 0 Å². The number of halogens is 3. The molecule has 1 unspecified atom stereocenters. The quantitative estimate of drug-likeness (QED) is 0.841. The lowest BCUT2D eigenvalue weighted by Gasteiger charge is -2.18. The van der Waals surface area contributed by atoms with Crippen molar-refractivity contribution in [1.29, 1.82) is 0 Å². The van der Waals surface area contributed by atoms with Gasteiger partial charge in [-0.2, -0.15) is 24.9 Å². The van der Waals surface area contributed by atoms with Gasteiger partial charge >= 0.3 is 6.18 Å². The SMILES string of the molecule is CSCC(CCO)Nc1cccc(C(F)(F)F)n1. The lowest BCUT2D eigenvalue weighted by atomic mass is 10.2. The summed E-state index contributed by atoms with van der Waals surface area (Å²) in [6.45, 7) is -0.0167. The topological polar surface area (TPSA) is 45.1 Å². The Kier molecular flexibility index (Phi) is 5.74. The van der Waals surface area contributed by atoms with Gasteiger partial charge < -0.3 is 10.4 Å². The van der Waals surface area contributed by atoms with Crippen molar-refractivity contribution in [3.63, 3.8) is 0 Å². The first-order valence-corrected chi connectivity index (χ1v) is 6.77. The molecular weight excluding hydrogens is 265 g/mol. The second-order valence-electron chi connectivity index (χ2n) is 3.71. The van der Waals surface area contributed by atoms with Crippen molar-refractivity contribution >= 4 is 17.6 Å². The highest BCUT2D eigenvalue weighted by molar-refractivity contribution is 7.98. The van der Waals surface area contributed by atoms with Gasteiger partial charge in [0, 0.05) is 18.4 Å². The third-order valence-corrected chi connectivity index (χ3v) is 2.97. The third kappa shape index (κ3) is 4.73. The molecule has 102 valence electrons. The van der Waals surface area contributed by atoms with Crippen molar-refractivity contribution < 1.29 is 18.3 Å². The molecule has 0 amide bonds. The molecule has 3 nitrogen and oxygen atoms in total. The Labute approximate surface area is 108 Å². The second kappa shape index (κ2) is 6.84. The summed E-state index contributed by atoms with van der Waals surface area (Å²) in [5.74, 6) is 0.871. The van der Waals surface area contributed by atoms with Crippen LogP contribution in [0.3, 0.4) is 0 Å². The maximum Gasteiger partial charge on any atom is 0.433 e. The van der Waals surface area contributed by atoms with Gasteiger partial charge in [-0.3, -0.25) is 0 Å².